The summed E-state index contributed by atoms with van der Waals surface area (Å²) in [6.07, 6.45) is 9.00. The highest BCUT2D eigenvalue weighted by molar-refractivity contribution is 5.84. The molecule has 1 saturated heterocycles. The molecule has 116 valence electrons. The van der Waals surface area contributed by atoms with E-state index in [0.29, 0.717) is 5.82 Å². The van der Waals surface area contributed by atoms with Crippen molar-refractivity contribution in [3.63, 3.8) is 0 Å². The first-order valence-corrected chi connectivity index (χ1v) is 7.70. The maximum absolute atomic E-state index is 10.7. The third-order valence-corrected chi connectivity index (χ3v) is 3.99. The van der Waals surface area contributed by atoms with Gasteiger partial charge < -0.3 is 15.3 Å². The Labute approximate surface area is 125 Å². The normalized spacial score (nSPS) is 19.4. The van der Waals surface area contributed by atoms with Crippen LogP contribution < -0.4 is 5.32 Å². The van der Waals surface area contributed by atoms with Crippen LogP contribution in [-0.2, 0) is 0 Å². The van der Waals surface area contributed by atoms with Gasteiger partial charge in [0.25, 0.3) is 0 Å². The molecule has 1 aliphatic rings. The SMILES string of the molecule is CC1CCCCN1CCCCNc1cnc(C(=O)O)cn1. The Morgan fingerprint density at radius 1 is 1.38 bits per heavy atom. The summed E-state index contributed by atoms with van der Waals surface area (Å²) in [5.41, 5.74) is -0.0281. The standard InChI is InChI=1S/C15H24N4O2/c1-12-6-2-4-8-19(12)9-5-3-7-16-14-11-17-13(10-18-14)15(20)21/h10-12H,2-9H2,1H3,(H,16,18)(H,20,21). The van der Waals surface area contributed by atoms with Gasteiger partial charge in [-0.2, -0.15) is 0 Å². The van der Waals surface area contributed by atoms with E-state index in [0.717, 1.165) is 32.0 Å². The number of aromatic nitrogens is 2. The topological polar surface area (TPSA) is 78.4 Å². The molecule has 0 radical (unpaired) electrons. The van der Waals surface area contributed by atoms with E-state index in [1.165, 1.54) is 38.2 Å². The Morgan fingerprint density at radius 3 is 2.90 bits per heavy atom. The van der Waals surface area contributed by atoms with Crippen molar-refractivity contribution in [2.45, 2.75) is 45.1 Å². The number of carboxylic acid groups (broad SMARTS) is 1. The first-order valence-electron chi connectivity index (χ1n) is 7.70. The molecule has 0 aromatic carbocycles. The lowest BCUT2D eigenvalue weighted by Gasteiger charge is -2.33. The van der Waals surface area contributed by atoms with Gasteiger partial charge in [-0.1, -0.05) is 6.42 Å². The van der Waals surface area contributed by atoms with E-state index < -0.39 is 5.97 Å². The minimum atomic E-state index is -1.05. The largest absolute Gasteiger partial charge is 0.476 e. The molecule has 0 amide bonds. The molecule has 1 unspecified atom stereocenters. The molecule has 1 aliphatic heterocycles. The second-order valence-corrected chi connectivity index (χ2v) is 5.61. The van der Waals surface area contributed by atoms with Crippen LogP contribution in [0.25, 0.3) is 0 Å². The molecule has 0 spiro atoms. The molecule has 0 aliphatic carbocycles. The second kappa shape index (κ2) is 7.93. The number of nitrogens with zero attached hydrogens (tertiary/aromatic N) is 3. The molecule has 0 saturated carbocycles. The summed E-state index contributed by atoms with van der Waals surface area (Å²) < 4.78 is 0. The van der Waals surface area contributed by atoms with Crippen molar-refractivity contribution in [3.8, 4) is 0 Å². The second-order valence-electron chi connectivity index (χ2n) is 5.61. The van der Waals surface area contributed by atoms with E-state index >= 15 is 0 Å². The Morgan fingerprint density at radius 2 is 2.24 bits per heavy atom. The molecule has 1 aromatic heterocycles. The molecule has 2 N–H and O–H groups in total. The Hall–Kier alpha value is -1.69. The predicted molar refractivity (Wildman–Crippen MR) is 81.6 cm³/mol. The van der Waals surface area contributed by atoms with Crippen LogP contribution in [-0.4, -0.2) is 51.6 Å². The summed E-state index contributed by atoms with van der Waals surface area (Å²) in [4.78, 5) is 21.1. The number of anilines is 1. The van der Waals surface area contributed by atoms with Crippen molar-refractivity contribution in [3.05, 3.63) is 18.1 Å². The fourth-order valence-corrected chi connectivity index (χ4v) is 2.68. The number of nitrogens with one attached hydrogen (secondary N) is 1. The van der Waals surface area contributed by atoms with Crippen LogP contribution in [0.2, 0.25) is 0 Å². The number of piperidine rings is 1. The van der Waals surface area contributed by atoms with Gasteiger partial charge in [0, 0.05) is 12.6 Å². The fraction of sp³-hybridized carbons (Fsp3) is 0.667. The number of hydrogen-bond donors (Lipinski definition) is 2. The van der Waals surface area contributed by atoms with Crippen molar-refractivity contribution < 1.29 is 9.90 Å². The van der Waals surface area contributed by atoms with Gasteiger partial charge in [0.1, 0.15) is 5.82 Å². The van der Waals surface area contributed by atoms with Crippen molar-refractivity contribution in [2.75, 3.05) is 25.0 Å². The highest BCUT2D eigenvalue weighted by Crippen LogP contribution is 2.16. The number of likely N-dealkylation sites (tertiary alicyclic amines) is 1. The third kappa shape index (κ3) is 4.97. The first-order chi connectivity index (χ1) is 10.2. The minimum absolute atomic E-state index is 0.0281. The molecular weight excluding hydrogens is 268 g/mol. The van der Waals surface area contributed by atoms with E-state index in [9.17, 15) is 4.79 Å². The Balaban J connectivity index is 1.62. The highest BCUT2D eigenvalue weighted by atomic mass is 16.4. The van der Waals surface area contributed by atoms with Crippen molar-refractivity contribution in [1.29, 1.82) is 0 Å². The molecule has 0 bridgehead atoms. The monoisotopic (exact) mass is 292 g/mol. The maximum Gasteiger partial charge on any atom is 0.356 e. The number of carboxylic acids is 1. The number of unbranched alkanes of at least 4 members (excludes halogenated alkanes) is 1. The zero-order valence-corrected chi connectivity index (χ0v) is 12.6. The van der Waals surface area contributed by atoms with Gasteiger partial charge in [-0.05, 0) is 45.7 Å². The minimum Gasteiger partial charge on any atom is -0.476 e. The molecular formula is C15H24N4O2. The summed E-state index contributed by atoms with van der Waals surface area (Å²) in [7, 11) is 0. The molecule has 1 fully saturated rings. The lowest BCUT2D eigenvalue weighted by Crippen LogP contribution is -2.38. The van der Waals surface area contributed by atoms with E-state index in [-0.39, 0.29) is 5.69 Å². The van der Waals surface area contributed by atoms with E-state index in [1.54, 1.807) is 0 Å². The lowest BCUT2D eigenvalue weighted by atomic mass is 10.0. The number of hydrogen-bond acceptors (Lipinski definition) is 5. The van der Waals surface area contributed by atoms with Crippen molar-refractivity contribution in [2.24, 2.45) is 0 Å². The van der Waals surface area contributed by atoms with Crippen LogP contribution in [0.1, 0.15) is 49.5 Å². The lowest BCUT2D eigenvalue weighted by molar-refractivity contribution is 0.0690. The zero-order valence-electron chi connectivity index (χ0n) is 12.6. The number of carbonyl (C=O) groups is 1. The van der Waals surface area contributed by atoms with Crippen LogP contribution in [0.5, 0.6) is 0 Å². The molecule has 1 aromatic rings. The average molecular weight is 292 g/mol. The predicted octanol–water partition coefficient (Wildman–Crippen LogP) is 2.24. The fourth-order valence-electron chi connectivity index (χ4n) is 2.68. The van der Waals surface area contributed by atoms with Crippen LogP contribution in [0.4, 0.5) is 5.82 Å². The van der Waals surface area contributed by atoms with E-state index in [2.05, 4.69) is 27.1 Å². The van der Waals surface area contributed by atoms with Crippen molar-refractivity contribution >= 4 is 11.8 Å². The van der Waals surface area contributed by atoms with Gasteiger partial charge in [0.2, 0.25) is 0 Å². The smallest absolute Gasteiger partial charge is 0.356 e. The zero-order chi connectivity index (χ0) is 15.1. The van der Waals surface area contributed by atoms with Gasteiger partial charge in [-0.25, -0.2) is 14.8 Å². The summed E-state index contributed by atoms with van der Waals surface area (Å²) in [6.45, 7) is 5.55. The summed E-state index contributed by atoms with van der Waals surface area (Å²) >= 11 is 0. The molecule has 1 atom stereocenters. The maximum atomic E-state index is 10.7. The van der Waals surface area contributed by atoms with Crippen molar-refractivity contribution in [1.82, 2.24) is 14.9 Å². The summed E-state index contributed by atoms with van der Waals surface area (Å²) in [6, 6.07) is 0.723. The van der Waals surface area contributed by atoms with Gasteiger partial charge >= 0.3 is 5.97 Å². The molecule has 21 heavy (non-hydrogen) atoms. The third-order valence-electron chi connectivity index (χ3n) is 3.99. The highest BCUT2D eigenvalue weighted by Gasteiger charge is 2.16. The molecule has 2 heterocycles. The summed E-state index contributed by atoms with van der Waals surface area (Å²) in [5.74, 6) is -0.420. The quantitative estimate of drug-likeness (QED) is 0.750. The Bertz CT molecular complexity index is 449. The van der Waals surface area contributed by atoms with Gasteiger partial charge in [0.15, 0.2) is 5.69 Å². The van der Waals surface area contributed by atoms with Crippen LogP contribution in [0, 0.1) is 0 Å². The Kier molecular flexibility index (Phi) is 5.92. The number of rotatable bonds is 7. The van der Waals surface area contributed by atoms with E-state index in [1.807, 2.05) is 0 Å². The van der Waals surface area contributed by atoms with Gasteiger partial charge in [-0.3, -0.25) is 0 Å². The first kappa shape index (κ1) is 15.7. The van der Waals surface area contributed by atoms with Crippen LogP contribution >= 0.6 is 0 Å². The van der Waals surface area contributed by atoms with E-state index in [4.69, 9.17) is 5.11 Å². The van der Waals surface area contributed by atoms with Gasteiger partial charge in [-0.15, -0.1) is 0 Å². The molecule has 2 rings (SSSR count). The molecule has 6 heteroatoms. The number of aromatic carboxylic acids is 1. The summed E-state index contributed by atoms with van der Waals surface area (Å²) in [5, 5.41) is 11.9. The average Bonchev–Trinajstić information content (AvgIpc) is 2.49. The molecule has 6 nitrogen and oxygen atoms in total. The van der Waals surface area contributed by atoms with Gasteiger partial charge in [0.05, 0.1) is 12.4 Å². The van der Waals surface area contributed by atoms with Crippen LogP contribution in [0.15, 0.2) is 12.4 Å². The van der Waals surface area contributed by atoms with Crippen LogP contribution in [0.3, 0.4) is 0 Å².